The summed E-state index contributed by atoms with van der Waals surface area (Å²) in [6.45, 7) is 2.51. The Morgan fingerprint density at radius 1 is 1.11 bits per heavy atom. The number of thiophene rings is 1. The number of hydrogen-bond donors (Lipinski definition) is 2. The maximum atomic E-state index is 13.0. The minimum absolute atomic E-state index is 0.0385. The summed E-state index contributed by atoms with van der Waals surface area (Å²) >= 11 is 0.989. The number of rotatable bonds is 7. The van der Waals surface area contributed by atoms with Gasteiger partial charge in [-0.15, -0.1) is 11.3 Å². The summed E-state index contributed by atoms with van der Waals surface area (Å²) in [4.78, 5) is 27.5. The predicted octanol–water partition coefficient (Wildman–Crippen LogP) is 4.80. The molecule has 0 bridgehead atoms. The van der Waals surface area contributed by atoms with Gasteiger partial charge in [0.1, 0.15) is 10.9 Å². The smallest absolute Gasteiger partial charge is 0.416 e. The number of hydrogen-bond acceptors (Lipinski definition) is 6. The van der Waals surface area contributed by atoms with Crippen molar-refractivity contribution in [2.45, 2.75) is 38.8 Å². The molecule has 4 aromatic rings. The molecule has 0 aliphatic rings. The van der Waals surface area contributed by atoms with Gasteiger partial charge in [-0.25, -0.2) is 4.79 Å². The Hall–Kier alpha value is -3.57. The van der Waals surface area contributed by atoms with Crippen LogP contribution in [0, 0.1) is 6.92 Å². The van der Waals surface area contributed by atoms with E-state index in [-0.39, 0.29) is 16.3 Å². The first-order valence-electron chi connectivity index (χ1n) is 10.9. The maximum Gasteiger partial charge on any atom is 0.416 e. The molecule has 2 heterocycles. The van der Waals surface area contributed by atoms with E-state index in [1.165, 1.54) is 7.11 Å². The fraction of sp³-hybridized carbons (Fsp3) is 0.280. The van der Waals surface area contributed by atoms with Crippen molar-refractivity contribution in [3.8, 4) is 21.9 Å². The second-order valence-corrected chi connectivity index (χ2v) is 9.20. The van der Waals surface area contributed by atoms with Crippen LogP contribution in [-0.2, 0) is 6.54 Å². The van der Waals surface area contributed by atoms with Gasteiger partial charge in [0.25, 0.3) is 5.56 Å². The third kappa shape index (κ3) is 4.89. The van der Waals surface area contributed by atoms with Crippen LogP contribution in [0.25, 0.3) is 20.7 Å². The van der Waals surface area contributed by atoms with Crippen molar-refractivity contribution in [2.24, 2.45) is 0 Å². The van der Waals surface area contributed by atoms with Gasteiger partial charge in [0.2, 0.25) is 0 Å². The highest BCUT2D eigenvalue weighted by atomic mass is 32.1. The standard InChI is InChI=1S/C25H23F3N2O5S/c1-13-20-22(32)29-24(33)30(12-19(31)25(26,27)28)23(20)36-21(13)16-9-10-17(18(11-16)34-3)35-14(2)15-7-5-4-6-8-15/h4-11,14,19,31H,12H2,1-3H3,(H,29,32,33)/t14-,19+/m0/s1. The van der Waals surface area contributed by atoms with Gasteiger partial charge in [-0.3, -0.25) is 14.3 Å². The van der Waals surface area contributed by atoms with Crippen molar-refractivity contribution in [3.63, 3.8) is 0 Å². The highest BCUT2D eigenvalue weighted by Crippen LogP contribution is 2.41. The number of aryl methyl sites for hydroxylation is 1. The molecule has 7 nitrogen and oxygen atoms in total. The Morgan fingerprint density at radius 3 is 2.44 bits per heavy atom. The summed E-state index contributed by atoms with van der Waals surface area (Å²) in [6, 6.07) is 14.8. The molecule has 0 aliphatic carbocycles. The Bertz CT molecular complexity index is 1510. The molecule has 0 saturated carbocycles. The molecule has 0 amide bonds. The van der Waals surface area contributed by atoms with Crippen molar-refractivity contribution < 1.29 is 27.8 Å². The van der Waals surface area contributed by atoms with E-state index in [1.807, 2.05) is 42.2 Å². The first-order chi connectivity index (χ1) is 17.0. The molecule has 0 spiro atoms. The van der Waals surface area contributed by atoms with Crippen molar-refractivity contribution in [1.29, 1.82) is 0 Å². The lowest BCUT2D eigenvalue weighted by molar-refractivity contribution is -0.207. The molecule has 2 N–H and O–H groups in total. The average molecular weight is 521 g/mol. The lowest BCUT2D eigenvalue weighted by Gasteiger charge is -2.18. The van der Waals surface area contributed by atoms with Gasteiger partial charge in [0.05, 0.1) is 19.0 Å². The minimum Gasteiger partial charge on any atom is -0.493 e. The van der Waals surface area contributed by atoms with E-state index in [0.29, 0.717) is 27.5 Å². The molecule has 2 aromatic carbocycles. The summed E-state index contributed by atoms with van der Waals surface area (Å²) in [5.74, 6) is 0.908. The van der Waals surface area contributed by atoms with Crippen LogP contribution in [0.1, 0.15) is 24.2 Å². The predicted molar refractivity (Wildman–Crippen MR) is 131 cm³/mol. The number of aliphatic hydroxyl groups is 1. The normalized spacial score (nSPS) is 13.5. The second-order valence-electron chi connectivity index (χ2n) is 8.20. The van der Waals surface area contributed by atoms with E-state index < -0.39 is 30.1 Å². The molecule has 36 heavy (non-hydrogen) atoms. The zero-order valence-corrected chi connectivity index (χ0v) is 20.4. The summed E-state index contributed by atoms with van der Waals surface area (Å²) in [5.41, 5.74) is 0.346. The third-order valence-corrected chi connectivity index (χ3v) is 7.16. The molecule has 0 saturated heterocycles. The number of fused-ring (bicyclic) bond motifs is 1. The monoisotopic (exact) mass is 520 g/mol. The van der Waals surface area contributed by atoms with Crippen LogP contribution in [0.2, 0.25) is 0 Å². The fourth-order valence-corrected chi connectivity index (χ4v) is 5.19. The van der Waals surface area contributed by atoms with Crippen LogP contribution in [0.3, 0.4) is 0 Å². The van der Waals surface area contributed by atoms with Crippen LogP contribution < -0.4 is 20.7 Å². The molecule has 4 rings (SSSR count). The zero-order valence-electron chi connectivity index (χ0n) is 19.6. The van der Waals surface area contributed by atoms with Gasteiger partial charge in [-0.2, -0.15) is 13.2 Å². The molecular formula is C25H23F3N2O5S. The first-order valence-corrected chi connectivity index (χ1v) is 11.7. The molecule has 2 aromatic heterocycles. The van der Waals surface area contributed by atoms with Crippen molar-refractivity contribution in [3.05, 3.63) is 80.5 Å². The second kappa shape index (κ2) is 9.82. The molecule has 11 heteroatoms. The average Bonchev–Trinajstić information content (AvgIpc) is 3.19. The van der Waals surface area contributed by atoms with E-state index in [9.17, 15) is 27.9 Å². The molecule has 0 aliphatic heterocycles. The van der Waals surface area contributed by atoms with Crippen LogP contribution in [0.5, 0.6) is 11.5 Å². The Kier molecular flexibility index (Phi) is 6.96. The van der Waals surface area contributed by atoms with E-state index in [0.717, 1.165) is 21.5 Å². The van der Waals surface area contributed by atoms with Gasteiger partial charge < -0.3 is 14.6 Å². The number of nitrogens with one attached hydrogen (secondary N) is 1. The summed E-state index contributed by atoms with van der Waals surface area (Å²) < 4.78 is 51.2. The molecule has 0 unspecified atom stereocenters. The van der Waals surface area contributed by atoms with Gasteiger partial charge in [-0.1, -0.05) is 30.3 Å². The Balaban J connectivity index is 1.76. The van der Waals surface area contributed by atoms with Crippen molar-refractivity contribution in [2.75, 3.05) is 7.11 Å². The van der Waals surface area contributed by atoms with Crippen LogP contribution in [0.15, 0.2) is 58.1 Å². The van der Waals surface area contributed by atoms with Crippen LogP contribution >= 0.6 is 11.3 Å². The van der Waals surface area contributed by atoms with E-state index in [2.05, 4.69) is 0 Å². The number of aromatic amines is 1. The van der Waals surface area contributed by atoms with Gasteiger partial charge in [-0.05, 0) is 48.7 Å². The number of aromatic nitrogens is 2. The number of halogens is 3. The topological polar surface area (TPSA) is 93.6 Å². The molecular weight excluding hydrogens is 497 g/mol. The summed E-state index contributed by atoms with van der Waals surface area (Å²) in [7, 11) is 1.48. The van der Waals surface area contributed by atoms with Crippen LogP contribution in [-0.4, -0.2) is 34.0 Å². The number of benzene rings is 2. The van der Waals surface area contributed by atoms with E-state index >= 15 is 0 Å². The third-order valence-electron chi connectivity index (χ3n) is 5.80. The summed E-state index contributed by atoms with van der Waals surface area (Å²) in [5, 5.41) is 9.62. The highest BCUT2D eigenvalue weighted by Gasteiger charge is 2.39. The van der Waals surface area contributed by atoms with Gasteiger partial charge in [0, 0.05) is 4.88 Å². The minimum atomic E-state index is -4.92. The zero-order chi connectivity index (χ0) is 26.2. The molecule has 190 valence electrons. The number of alkyl halides is 3. The fourth-order valence-electron chi connectivity index (χ4n) is 3.88. The van der Waals surface area contributed by atoms with Gasteiger partial charge >= 0.3 is 11.9 Å². The van der Waals surface area contributed by atoms with E-state index in [1.54, 1.807) is 25.1 Å². The molecule has 0 fully saturated rings. The Labute approximate surface area is 207 Å². The molecule has 0 radical (unpaired) electrons. The summed E-state index contributed by atoms with van der Waals surface area (Å²) in [6.07, 6.45) is -7.94. The van der Waals surface area contributed by atoms with E-state index in [4.69, 9.17) is 9.47 Å². The SMILES string of the molecule is COc1cc(-c2sc3c(c2C)c(=O)[nH]c(=O)n3C[C@@H](O)C(F)(F)F)ccc1O[C@@H](C)c1ccccc1. The lowest BCUT2D eigenvalue weighted by atomic mass is 10.1. The lowest BCUT2D eigenvalue weighted by Crippen LogP contribution is -2.38. The van der Waals surface area contributed by atoms with Crippen LogP contribution in [0.4, 0.5) is 13.2 Å². The first kappa shape index (κ1) is 25.5. The van der Waals surface area contributed by atoms with Crippen molar-refractivity contribution >= 4 is 21.6 Å². The quantitative estimate of drug-likeness (QED) is 0.365. The number of methoxy groups -OCH3 is 1. The maximum absolute atomic E-state index is 13.0. The largest absolute Gasteiger partial charge is 0.493 e. The van der Waals surface area contributed by atoms with Gasteiger partial charge in [0.15, 0.2) is 17.6 Å². The number of nitrogens with zero attached hydrogens (tertiary/aromatic N) is 1. The number of aliphatic hydroxyl groups excluding tert-OH is 1. The number of H-pyrrole nitrogens is 1. The molecule has 2 atom stereocenters. The number of ether oxygens (including phenoxy) is 2. The highest BCUT2D eigenvalue weighted by molar-refractivity contribution is 7.22. The van der Waals surface area contributed by atoms with Crippen molar-refractivity contribution in [1.82, 2.24) is 9.55 Å². The Morgan fingerprint density at radius 2 is 1.81 bits per heavy atom.